The lowest BCUT2D eigenvalue weighted by molar-refractivity contribution is -0.144. The van der Waals surface area contributed by atoms with Crippen LogP contribution in [0.15, 0.2) is 12.1 Å². The van der Waals surface area contributed by atoms with Gasteiger partial charge < -0.3 is 20.3 Å². The van der Waals surface area contributed by atoms with Crippen molar-refractivity contribution in [1.29, 1.82) is 0 Å². The lowest BCUT2D eigenvalue weighted by Crippen LogP contribution is -2.23. The molecule has 0 aliphatic heterocycles. The van der Waals surface area contributed by atoms with Crippen LogP contribution in [0.5, 0.6) is 11.5 Å². The zero-order chi connectivity index (χ0) is 13.7. The molecule has 1 aromatic carbocycles. The molecule has 0 heterocycles. The van der Waals surface area contributed by atoms with Crippen molar-refractivity contribution in [2.75, 3.05) is 13.7 Å². The molecule has 0 aliphatic rings. The van der Waals surface area contributed by atoms with Gasteiger partial charge in [0.25, 0.3) is 0 Å². The monoisotopic (exact) mass is 273 g/mol. The largest absolute Gasteiger partial charge is 0.493 e. The number of aliphatic carboxylic acids is 1. The van der Waals surface area contributed by atoms with Crippen LogP contribution in [0.3, 0.4) is 0 Å². The highest BCUT2D eigenvalue weighted by atomic mass is 35.5. The molecule has 5 nitrogen and oxygen atoms in total. The number of methoxy groups -OCH3 is 1. The Hall–Kier alpha value is -1.46. The van der Waals surface area contributed by atoms with Crippen LogP contribution in [-0.4, -0.2) is 30.8 Å². The Balaban J connectivity index is 3.06. The molecule has 1 atom stereocenters. The molecule has 0 saturated carbocycles. The number of hydrogen-bond acceptors (Lipinski definition) is 4. The summed E-state index contributed by atoms with van der Waals surface area (Å²) in [6.45, 7) is 1.91. The Labute approximate surface area is 110 Å². The lowest BCUT2D eigenvalue weighted by Gasteiger charge is -2.16. The van der Waals surface area contributed by atoms with Gasteiger partial charge in [-0.25, -0.2) is 4.79 Å². The van der Waals surface area contributed by atoms with Gasteiger partial charge in [-0.3, -0.25) is 0 Å². The number of carbonyl (C=O) groups is 1. The molecular formula is C12H16ClNO4. The minimum absolute atomic E-state index is 0.231. The highest BCUT2D eigenvalue weighted by Gasteiger charge is 2.18. The van der Waals surface area contributed by atoms with Gasteiger partial charge in [-0.2, -0.15) is 0 Å². The van der Waals surface area contributed by atoms with E-state index in [9.17, 15) is 4.79 Å². The average Bonchev–Trinajstić information content (AvgIpc) is 2.32. The summed E-state index contributed by atoms with van der Waals surface area (Å²) in [4.78, 5) is 10.8. The van der Waals surface area contributed by atoms with Crippen LogP contribution in [-0.2, 0) is 11.2 Å². The normalized spacial score (nSPS) is 12.0. The Morgan fingerprint density at radius 1 is 1.56 bits per heavy atom. The van der Waals surface area contributed by atoms with E-state index in [1.54, 1.807) is 12.1 Å². The second-order valence-corrected chi connectivity index (χ2v) is 4.15. The first kappa shape index (κ1) is 14.6. The summed E-state index contributed by atoms with van der Waals surface area (Å²) in [5, 5.41) is 9.12. The number of hydrogen-bond donors (Lipinski definition) is 2. The molecule has 0 aromatic heterocycles. The van der Waals surface area contributed by atoms with Crippen LogP contribution in [0.1, 0.15) is 12.5 Å². The number of rotatable bonds is 6. The maximum Gasteiger partial charge on any atom is 0.344 e. The zero-order valence-corrected chi connectivity index (χ0v) is 11.0. The van der Waals surface area contributed by atoms with E-state index in [1.807, 2.05) is 0 Å². The number of carboxylic acid groups (broad SMARTS) is 1. The Kier molecular flexibility index (Phi) is 5.25. The molecule has 100 valence electrons. The van der Waals surface area contributed by atoms with Gasteiger partial charge in [0.1, 0.15) is 0 Å². The predicted molar refractivity (Wildman–Crippen MR) is 68.5 cm³/mol. The molecule has 0 amide bonds. The number of nitrogens with two attached hydrogens (primary N) is 1. The van der Waals surface area contributed by atoms with Crippen LogP contribution in [0.25, 0.3) is 0 Å². The van der Waals surface area contributed by atoms with E-state index in [0.29, 0.717) is 23.7 Å². The van der Waals surface area contributed by atoms with Gasteiger partial charge in [0.05, 0.1) is 12.1 Å². The minimum atomic E-state index is -1.07. The highest BCUT2D eigenvalue weighted by Crippen LogP contribution is 2.37. The quantitative estimate of drug-likeness (QED) is 0.824. The molecule has 1 aromatic rings. The van der Waals surface area contributed by atoms with E-state index in [1.165, 1.54) is 14.0 Å². The van der Waals surface area contributed by atoms with Crippen molar-refractivity contribution < 1.29 is 19.4 Å². The van der Waals surface area contributed by atoms with E-state index in [-0.39, 0.29) is 5.75 Å². The third-order valence-corrected chi connectivity index (χ3v) is 2.65. The fourth-order valence-electron chi connectivity index (χ4n) is 1.43. The summed E-state index contributed by atoms with van der Waals surface area (Å²) in [5.74, 6) is -0.437. The van der Waals surface area contributed by atoms with Crippen molar-refractivity contribution in [2.45, 2.75) is 19.4 Å². The molecule has 0 bridgehead atoms. The van der Waals surface area contributed by atoms with Gasteiger partial charge in [-0.05, 0) is 37.6 Å². The number of halogens is 1. The molecule has 6 heteroatoms. The van der Waals surface area contributed by atoms with Crippen LogP contribution in [0.2, 0.25) is 5.02 Å². The van der Waals surface area contributed by atoms with Crippen molar-refractivity contribution in [3.63, 3.8) is 0 Å². The Bertz CT molecular complexity index is 436. The summed E-state index contributed by atoms with van der Waals surface area (Å²) in [5.41, 5.74) is 6.38. The lowest BCUT2D eigenvalue weighted by atomic mass is 10.1. The van der Waals surface area contributed by atoms with Crippen LogP contribution < -0.4 is 15.2 Å². The van der Waals surface area contributed by atoms with Gasteiger partial charge in [0, 0.05) is 0 Å². The highest BCUT2D eigenvalue weighted by molar-refractivity contribution is 6.32. The summed E-state index contributed by atoms with van der Waals surface area (Å²) >= 11 is 6.06. The summed E-state index contributed by atoms with van der Waals surface area (Å²) in [7, 11) is 1.47. The van der Waals surface area contributed by atoms with E-state index in [0.717, 1.165) is 5.56 Å². The minimum Gasteiger partial charge on any atom is -0.493 e. The topological polar surface area (TPSA) is 81.8 Å². The van der Waals surface area contributed by atoms with E-state index < -0.39 is 12.1 Å². The van der Waals surface area contributed by atoms with Crippen LogP contribution >= 0.6 is 11.6 Å². The SMILES string of the molecule is COc1cc(CCN)cc(Cl)c1OC(C)C(=O)O. The molecule has 18 heavy (non-hydrogen) atoms. The van der Waals surface area contributed by atoms with Crippen molar-refractivity contribution in [3.05, 3.63) is 22.7 Å². The zero-order valence-electron chi connectivity index (χ0n) is 10.3. The average molecular weight is 274 g/mol. The van der Waals surface area contributed by atoms with Gasteiger partial charge >= 0.3 is 5.97 Å². The van der Waals surface area contributed by atoms with Crippen molar-refractivity contribution in [2.24, 2.45) is 5.73 Å². The molecule has 0 spiro atoms. The molecule has 1 rings (SSSR count). The van der Waals surface area contributed by atoms with E-state index in [4.69, 9.17) is 31.9 Å². The second-order valence-electron chi connectivity index (χ2n) is 3.75. The standard InChI is InChI=1S/C12H16ClNO4/c1-7(12(15)16)18-11-9(13)5-8(3-4-14)6-10(11)17-2/h5-7H,3-4,14H2,1-2H3,(H,15,16). The molecule has 3 N–H and O–H groups in total. The van der Waals surface area contributed by atoms with Crippen molar-refractivity contribution >= 4 is 17.6 Å². The first-order valence-corrected chi connectivity index (χ1v) is 5.83. The van der Waals surface area contributed by atoms with Gasteiger partial charge in [0.15, 0.2) is 17.6 Å². The summed E-state index contributed by atoms with van der Waals surface area (Å²) in [6.07, 6.45) is -0.345. The second kappa shape index (κ2) is 6.47. The fourth-order valence-corrected chi connectivity index (χ4v) is 1.70. The van der Waals surface area contributed by atoms with Gasteiger partial charge in [0.2, 0.25) is 0 Å². The van der Waals surface area contributed by atoms with Crippen molar-refractivity contribution in [1.82, 2.24) is 0 Å². The molecular weight excluding hydrogens is 258 g/mol. The van der Waals surface area contributed by atoms with Gasteiger partial charge in [-0.15, -0.1) is 0 Å². The predicted octanol–water partition coefficient (Wildman–Crippen LogP) is 1.70. The molecule has 0 aliphatic carbocycles. The molecule has 0 radical (unpaired) electrons. The first-order chi connectivity index (χ1) is 8.49. The number of benzene rings is 1. The summed E-state index contributed by atoms with van der Waals surface area (Å²) < 4.78 is 10.4. The summed E-state index contributed by atoms with van der Waals surface area (Å²) in [6, 6.07) is 3.43. The number of ether oxygens (including phenoxy) is 2. The molecule has 0 fully saturated rings. The Morgan fingerprint density at radius 2 is 2.22 bits per heavy atom. The molecule has 1 unspecified atom stereocenters. The number of carboxylic acids is 1. The Morgan fingerprint density at radius 3 is 2.72 bits per heavy atom. The third kappa shape index (κ3) is 3.51. The van der Waals surface area contributed by atoms with Crippen LogP contribution in [0.4, 0.5) is 0 Å². The maximum atomic E-state index is 10.8. The van der Waals surface area contributed by atoms with Gasteiger partial charge in [-0.1, -0.05) is 11.6 Å². The maximum absolute atomic E-state index is 10.8. The first-order valence-electron chi connectivity index (χ1n) is 5.45. The smallest absolute Gasteiger partial charge is 0.344 e. The van der Waals surface area contributed by atoms with Crippen LogP contribution in [0, 0.1) is 0 Å². The fraction of sp³-hybridized carbons (Fsp3) is 0.417. The van der Waals surface area contributed by atoms with Crippen molar-refractivity contribution in [3.8, 4) is 11.5 Å². The van der Waals surface area contributed by atoms with E-state index in [2.05, 4.69) is 0 Å². The molecule has 0 saturated heterocycles. The van der Waals surface area contributed by atoms with E-state index >= 15 is 0 Å². The third-order valence-electron chi connectivity index (χ3n) is 2.36.